The van der Waals surface area contributed by atoms with Crippen molar-refractivity contribution in [3.8, 4) is 0 Å². The maximum Gasteiger partial charge on any atom is 0.425 e. The van der Waals surface area contributed by atoms with E-state index in [9.17, 15) is 4.79 Å². The first-order valence-corrected chi connectivity index (χ1v) is 3.57. The third-order valence-electron chi connectivity index (χ3n) is 0.886. The molecule has 1 aliphatic rings. The molecular weight excluding hydrogens is 152 g/mol. The Morgan fingerprint density at radius 2 is 2.60 bits per heavy atom. The van der Waals surface area contributed by atoms with Crippen molar-refractivity contribution in [2.75, 3.05) is 0 Å². The van der Waals surface area contributed by atoms with Crippen molar-refractivity contribution in [3.05, 3.63) is 11.5 Å². The molecule has 0 aromatic carbocycles. The summed E-state index contributed by atoms with van der Waals surface area (Å²) in [6, 6.07) is 0. The molecule has 0 bridgehead atoms. The van der Waals surface area contributed by atoms with Crippen LogP contribution in [0, 0.1) is 0 Å². The Bertz CT molecular complexity index is 190. The van der Waals surface area contributed by atoms with Crippen molar-refractivity contribution in [1.82, 2.24) is 5.43 Å². The van der Waals surface area contributed by atoms with Crippen molar-refractivity contribution in [2.45, 2.75) is 5.25 Å². The Balaban J connectivity index is 2.17. The van der Waals surface area contributed by atoms with Crippen LogP contribution in [0.3, 0.4) is 0 Å². The van der Waals surface area contributed by atoms with Crippen molar-refractivity contribution in [3.63, 3.8) is 0 Å². The molecule has 0 spiro atoms. The number of carbonyl (C=O) groups is 1. The van der Waals surface area contributed by atoms with Gasteiger partial charge < -0.3 is 5.11 Å². The maximum atomic E-state index is 9.84. The summed E-state index contributed by atoms with van der Waals surface area (Å²) >= 11 is 1.59. The minimum Gasteiger partial charge on any atom is -0.464 e. The molecule has 0 fully saturated rings. The van der Waals surface area contributed by atoms with E-state index in [1.165, 1.54) is 0 Å². The summed E-state index contributed by atoms with van der Waals surface area (Å²) in [4.78, 5) is 9.84. The zero-order valence-electron chi connectivity index (χ0n) is 5.02. The number of nitrogens with zero attached hydrogens (tertiary/aromatic N) is 1. The third-order valence-corrected chi connectivity index (χ3v) is 1.79. The van der Waals surface area contributed by atoms with Crippen LogP contribution in [0.15, 0.2) is 16.6 Å². The number of hydrogen-bond acceptors (Lipinski definition) is 3. The number of carboxylic acid groups (broad SMARTS) is 1. The van der Waals surface area contributed by atoms with E-state index in [2.05, 4.69) is 5.10 Å². The molecule has 4 nitrogen and oxygen atoms in total. The SMILES string of the molecule is O=C(O)NN=CC1C=CS1. The van der Waals surface area contributed by atoms with Gasteiger partial charge in [-0.15, -0.1) is 11.8 Å². The van der Waals surface area contributed by atoms with Gasteiger partial charge in [0, 0.05) is 6.21 Å². The minimum absolute atomic E-state index is 0.242. The van der Waals surface area contributed by atoms with E-state index in [-0.39, 0.29) is 5.25 Å². The predicted octanol–water partition coefficient (Wildman–Crippen LogP) is 0.869. The summed E-state index contributed by atoms with van der Waals surface area (Å²) < 4.78 is 0. The largest absolute Gasteiger partial charge is 0.464 e. The molecular formula is C5H6N2O2S. The lowest BCUT2D eigenvalue weighted by molar-refractivity contribution is 0.195. The quantitative estimate of drug-likeness (QED) is 0.463. The van der Waals surface area contributed by atoms with Gasteiger partial charge in [-0.25, -0.2) is 10.2 Å². The second-order valence-electron chi connectivity index (χ2n) is 1.62. The first-order valence-electron chi connectivity index (χ1n) is 2.63. The summed E-state index contributed by atoms with van der Waals surface area (Å²) in [6.45, 7) is 0. The van der Waals surface area contributed by atoms with Gasteiger partial charge in [-0.2, -0.15) is 5.10 Å². The molecule has 54 valence electrons. The molecule has 1 atom stereocenters. The molecule has 1 heterocycles. The highest BCUT2D eigenvalue weighted by Gasteiger charge is 2.06. The van der Waals surface area contributed by atoms with Crippen LogP contribution in [0.4, 0.5) is 4.79 Å². The van der Waals surface area contributed by atoms with Gasteiger partial charge in [0.1, 0.15) is 0 Å². The normalized spacial score (nSPS) is 22.6. The topological polar surface area (TPSA) is 61.7 Å². The molecule has 0 saturated heterocycles. The Kier molecular flexibility index (Phi) is 2.33. The molecule has 0 aliphatic carbocycles. The number of hydrogen-bond donors (Lipinski definition) is 2. The van der Waals surface area contributed by atoms with Crippen LogP contribution in [0.2, 0.25) is 0 Å². The summed E-state index contributed by atoms with van der Waals surface area (Å²) in [5.74, 6) is 0. The van der Waals surface area contributed by atoms with Crippen LogP contribution < -0.4 is 5.43 Å². The van der Waals surface area contributed by atoms with Gasteiger partial charge in [0.25, 0.3) is 0 Å². The zero-order valence-corrected chi connectivity index (χ0v) is 5.84. The molecule has 0 aromatic rings. The highest BCUT2D eigenvalue weighted by Crippen LogP contribution is 2.21. The summed E-state index contributed by atoms with van der Waals surface area (Å²) in [6.07, 6.45) is 2.33. The molecule has 1 rings (SSSR count). The van der Waals surface area contributed by atoms with Crippen LogP contribution in [0.1, 0.15) is 0 Å². The smallest absolute Gasteiger partial charge is 0.425 e. The Morgan fingerprint density at radius 3 is 3.00 bits per heavy atom. The fourth-order valence-corrected chi connectivity index (χ4v) is 0.890. The van der Waals surface area contributed by atoms with Crippen molar-refractivity contribution in [1.29, 1.82) is 0 Å². The third kappa shape index (κ3) is 2.10. The molecule has 0 radical (unpaired) electrons. The Hall–Kier alpha value is -0.970. The molecule has 2 N–H and O–H groups in total. The van der Waals surface area contributed by atoms with Crippen molar-refractivity contribution < 1.29 is 9.90 Å². The van der Waals surface area contributed by atoms with Crippen LogP contribution in [0.5, 0.6) is 0 Å². The zero-order chi connectivity index (χ0) is 7.40. The Morgan fingerprint density at radius 1 is 1.90 bits per heavy atom. The first-order chi connectivity index (χ1) is 4.79. The summed E-state index contributed by atoms with van der Waals surface area (Å²) in [5, 5.41) is 13.7. The molecule has 5 heteroatoms. The average Bonchev–Trinajstić information content (AvgIpc) is 1.75. The van der Waals surface area contributed by atoms with E-state index in [4.69, 9.17) is 5.11 Å². The van der Waals surface area contributed by atoms with E-state index in [1.54, 1.807) is 18.0 Å². The molecule has 0 aromatic heterocycles. The van der Waals surface area contributed by atoms with Gasteiger partial charge in [0.15, 0.2) is 0 Å². The number of rotatable bonds is 2. The van der Waals surface area contributed by atoms with Gasteiger partial charge in [-0.3, -0.25) is 0 Å². The number of hydrazone groups is 1. The van der Waals surface area contributed by atoms with E-state index >= 15 is 0 Å². The number of nitrogens with one attached hydrogen (secondary N) is 1. The fraction of sp³-hybridized carbons (Fsp3) is 0.200. The summed E-state index contributed by atoms with van der Waals surface area (Å²) in [7, 11) is 0. The first kappa shape index (κ1) is 7.14. The van der Waals surface area contributed by atoms with E-state index in [0.29, 0.717) is 0 Å². The highest BCUT2D eigenvalue weighted by atomic mass is 32.2. The van der Waals surface area contributed by atoms with E-state index < -0.39 is 6.09 Å². The second-order valence-corrected chi connectivity index (χ2v) is 2.71. The van der Waals surface area contributed by atoms with Gasteiger partial charge in [-0.05, 0) is 5.41 Å². The fourth-order valence-electron chi connectivity index (χ4n) is 0.420. The van der Waals surface area contributed by atoms with Crippen LogP contribution >= 0.6 is 11.8 Å². The van der Waals surface area contributed by atoms with Crippen molar-refractivity contribution >= 4 is 24.1 Å². The van der Waals surface area contributed by atoms with Crippen LogP contribution in [0.25, 0.3) is 0 Å². The lowest BCUT2D eigenvalue weighted by atomic mass is 10.4. The predicted molar refractivity (Wildman–Crippen MR) is 40.2 cm³/mol. The average molecular weight is 158 g/mol. The number of amides is 1. The van der Waals surface area contributed by atoms with Crippen LogP contribution in [-0.2, 0) is 0 Å². The summed E-state index contributed by atoms with van der Waals surface area (Å²) in [5.41, 5.74) is 1.88. The monoisotopic (exact) mass is 158 g/mol. The molecule has 10 heavy (non-hydrogen) atoms. The molecule has 0 saturated carbocycles. The van der Waals surface area contributed by atoms with Gasteiger partial charge in [-0.1, -0.05) is 6.08 Å². The number of thioether (sulfide) groups is 1. The lowest BCUT2D eigenvalue weighted by Crippen LogP contribution is -2.16. The maximum absolute atomic E-state index is 9.84. The molecule has 1 unspecified atom stereocenters. The van der Waals surface area contributed by atoms with Crippen LogP contribution in [-0.4, -0.2) is 22.7 Å². The van der Waals surface area contributed by atoms with Gasteiger partial charge in [0.2, 0.25) is 0 Å². The standard InChI is InChI=1S/C5H6N2O2S/c8-5(9)7-6-3-4-1-2-10-4/h1-4,7H,(H,8,9). The van der Waals surface area contributed by atoms with E-state index in [0.717, 1.165) is 0 Å². The lowest BCUT2D eigenvalue weighted by Gasteiger charge is -2.09. The van der Waals surface area contributed by atoms with Gasteiger partial charge >= 0.3 is 6.09 Å². The minimum atomic E-state index is -1.13. The van der Waals surface area contributed by atoms with Crippen molar-refractivity contribution in [2.24, 2.45) is 5.10 Å². The van der Waals surface area contributed by atoms with Gasteiger partial charge in [0.05, 0.1) is 5.25 Å². The Labute approximate surface area is 62.0 Å². The molecule has 1 amide bonds. The van der Waals surface area contributed by atoms with E-state index in [1.807, 2.05) is 16.9 Å². The second kappa shape index (κ2) is 3.26. The molecule has 1 aliphatic heterocycles. The highest BCUT2D eigenvalue weighted by molar-refractivity contribution is 8.04.